The molecule has 7 heteroatoms. The standard InChI is InChI=1S/C12H16N4O2S/c1-4-19(17)9-5-8(18-12(2,3)7-13)6-15-10(9)11(14)16-19/h5-6,19H,4H2,1-3H3,(H2,14,16,17). The minimum atomic E-state index is -2.80. The lowest BCUT2D eigenvalue weighted by Gasteiger charge is -2.20. The van der Waals surface area contributed by atoms with E-state index in [1.165, 1.54) is 6.20 Å². The van der Waals surface area contributed by atoms with Crippen LogP contribution in [0.4, 0.5) is 0 Å². The minimum absolute atomic E-state index is 0.0753. The molecule has 2 N–H and O–H groups in total. The molecule has 6 nitrogen and oxygen atoms in total. The Labute approximate surface area is 112 Å². The van der Waals surface area contributed by atoms with Crippen LogP contribution in [-0.2, 0) is 10.1 Å². The van der Waals surface area contributed by atoms with Gasteiger partial charge in [-0.2, -0.15) is 5.26 Å². The van der Waals surface area contributed by atoms with E-state index in [9.17, 15) is 4.21 Å². The third kappa shape index (κ3) is 2.31. The Kier molecular flexibility index (Phi) is 3.06. The number of pyridine rings is 1. The molecule has 19 heavy (non-hydrogen) atoms. The fraction of sp³-hybridized carbons (Fsp3) is 0.417. The molecule has 0 radical (unpaired) electrons. The predicted octanol–water partition coefficient (Wildman–Crippen LogP) is 1.00. The molecule has 0 atom stereocenters. The van der Waals surface area contributed by atoms with E-state index >= 15 is 0 Å². The Hall–Kier alpha value is -1.94. The minimum Gasteiger partial charge on any atom is -0.471 e. The van der Waals surface area contributed by atoms with Crippen LogP contribution >= 0.6 is 0 Å². The van der Waals surface area contributed by atoms with Crippen molar-refractivity contribution in [3.8, 4) is 11.8 Å². The zero-order valence-electron chi connectivity index (χ0n) is 11.0. The van der Waals surface area contributed by atoms with E-state index in [-0.39, 0.29) is 5.84 Å². The molecule has 0 saturated heterocycles. The second-order valence-corrected chi connectivity index (χ2v) is 7.62. The van der Waals surface area contributed by atoms with Gasteiger partial charge in [0.05, 0.1) is 11.1 Å². The van der Waals surface area contributed by atoms with Gasteiger partial charge in [0.2, 0.25) is 0 Å². The number of aromatic nitrogens is 1. The van der Waals surface area contributed by atoms with Crippen molar-refractivity contribution in [2.75, 3.05) is 5.75 Å². The fourth-order valence-corrected chi connectivity index (χ4v) is 3.75. The Morgan fingerprint density at radius 3 is 2.89 bits per heavy atom. The summed E-state index contributed by atoms with van der Waals surface area (Å²) in [5.41, 5.74) is -0.585. The summed E-state index contributed by atoms with van der Waals surface area (Å²) < 4.78 is 20.8. The van der Waals surface area contributed by atoms with E-state index in [1.807, 2.05) is 6.07 Å². The smallest absolute Gasteiger partial charge is 0.188 e. The van der Waals surface area contributed by atoms with Crippen LogP contribution in [-0.4, -0.2) is 26.4 Å². The molecular weight excluding hydrogens is 264 g/mol. The van der Waals surface area contributed by atoms with Crippen LogP contribution < -0.4 is 9.46 Å². The van der Waals surface area contributed by atoms with Crippen molar-refractivity contribution >= 4 is 16.0 Å². The maximum atomic E-state index is 12.6. The Bertz CT molecular complexity index is 633. The molecule has 0 fully saturated rings. The summed E-state index contributed by atoms with van der Waals surface area (Å²) in [5, 5.41) is 16.7. The highest BCUT2D eigenvalue weighted by molar-refractivity contribution is 8.02. The van der Waals surface area contributed by atoms with E-state index in [2.05, 4.69) is 9.71 Å². The maximum Gasteiger partial charge on any atom is 0.188 e. The number of hydrogen-bond acceptors (Lipinski definition) is 5. The van der Waals surface area contributed by atoms with Gasteiger partial charge in [-0.3, -0.25) is 9.62 Å². The molecule has 0 amide bonds. The summed E-state index contributed by atoms with van der Waals surface area (Å²) in [6, 6.07) is 3.64. The van der Waals surface area contributed by atoms with Crippen LogP contribution in [0.2, 0.25) is 0 Å². The van der Waals surface area contributed by atoms with Gasteiger partial charge < -0.3 is 9.46 Å². The SMILES string of the molecule is CC[SH]1(=O)NC(=N)c2ncc(OC(C)(C)C#N)cc21. The monoisotopic (exact) mass is 280 g/mol. The normalized spacial score (nSPS) is 18.1. The van der Waals surface area contributed by atoms with Gasteiger partial charge in [0.25, 0.3) is 0 Å². The van der Waals surface area contributed by atoms with Gasteiger partial charge in [0, 0.05) is 5.75 Å². The van der Waals surface area contributed by atoms with Crippen LogP contribution in [0, 0.1) is 16.7 Å². The fourth-order valence-electron chi connectivity index (χ4n) is 1.82. The number of nitriles is 1. The highest BCUT2D eigenvalue weighted by Crippen LogP contribution is 2.30. The lowest BCUT2D eigenvalue weighted by molar-refractivity contribution is 0.168. The Morgan fingerprint density at radius 1 is 1.63 bits per heavy atom. The molecule has 1 aliphatic rings. The van der Waals surface area contributed by atoms with Gasteiger partial charge in [-0.15, -0.1) is 0 Å². The first-order valence-electron chi connectivity index (χ1n) is 5.88. The summed E-state index contributed by atoms with van der Waals surface area (Å²) >= 11 is 0. The van der Waals surface area contributed by atoms with Gasteiger partial charge in [0.1, 0.15) is 17.5 Å². The lowest BCUT2D eigenvalue weighted by Crippen LogP contribution is -2.30. The van der Waals surface area contributed by atoms with E-state index in [0.717, 1.165) is 0 Å². The van der Waals surface area contributed by atoms with Crippen LogP contribution in [0.25, 0.3) is 0 Å². The predicted molar refractivity (Wildman–Crippen MR) is 72.9 cm³/mol. The lowest BCUT2D eigenvalue weighted by atomic mass is 10.2. The van der Waals surface area contributed by atoms with Gasteiger partial charge in [-0.1, -0.05) is 6.92 Å². The van der Waals surface area contributed by atoms with Gasteiger partial charge >= 0.3 is 0 Å². The molecule has 2 rings (SSSR count). The number of thiol groups is 1. The number of rotatable bonds is 3. The Balaban J connectivity index is 2.45. The first-order chi connectivity index (χ1) is 8.81. The van der Waals surface area contributed by atoms with Crippen molar-refractivity contribution in [1.82, 2.24) is 9.71 Å². The quantitative estimate of drug-likeness (QED) is 0.719. The van der Waals surface area contributed by atoms with Crippen LogP contribution in [0.3, 0.4) is 0 Å². The first kappa shape index (κ1) is 13.5. The van der Waals surface area contributed by atoms with Crippen molar-refractivity contribution in [1.29, 1.82) is 10.7 Å². The van der Waals surface area contributed by atoms with Gasteiger partial charge in [0.15, 0.2) is 11.4 Å². The molecule has 1 aliphatic heterocycles. The number of hydrogen-bond donors (Lipinski definition) is 3. The molecule has 1 aromatic heterocycles. The zero-order valence-corrected chi connectivity index (χ0v) is 11.9. The number of ether oxygens (including phenoxy) is 1. The summed E-state index contributed by atoms with van der Waals surface area (Å²) in [4.78, 5) is 4.61. The number of nitrogens with zero attached hydrogens (tertiary/aromatic N) is 2. The molecular formula is C12H16N4O2S. The summed E-state index contributed by atoms with van der Waals surface area (Å²) in [7, 11) is -2.80. The molecule has 0 bridgehead atoms. The van der Waals surface area contributed by atoms with Gasteiger partial charge in [-0.05, 0) is 30.0 Å². The zero-order chi connectivity index (χ0) is 14.3. The number of nitrogens with one attached hydrogen (secondary N) is 2. The molecule has 102 valence electrons. The summed E-state index contributed by atoms with van der Waals surface area (Å²) in [5.74, 6) is 0.858. The number of amidine groups is 1. The van der Waals surface area contributed by atoms with Gasteiger partial charge in [-0.25, -0.2) is 4.98 Å². The molecule has 0 aliphatic carbocycles. The first-order valence-corrected chi connectivity index (χ1v) is 7.77. The van der Waals surface area contributed by atoms with E-state index in [4.69, 9.17) is 15.4 Å². The molecule has 2 heterocycles. The molecule has 0 unspecified atom stereocenters. The van der Waals surface area contributed by atoms with Crippen molar-refractivity contribution in [3.63, 3.8) is 0 Å². The average molecular weight is 280 g/mol. The maximum absolute atomic E-state index is 12.6. The third-order valence-corrected chi connectivity index (χ3v) is 5.44. The van der Waals surface area contributed by atoms with Crippen molar-refractivity contribution < 1.29 is 8.95 Å². The van der Waals surface area contributed by atoms with Crippen molar-refractivity contribution in [3.05, 3.63) is 18.0 Å². The van der Waals surface area contributed by atoms with Crippen molar-refractivity contribution in [2.45, 2.75) is 31.3 Å². The van der Waals surface area contributed by atoms with Crippen LogP contribution in [0.5, 0.6) is 5.75 Å². The molecule has 0 saturated carbocycles. The Morgan fingerprint density at radius 2 is 2.32 bits per heavy atom. The highest BCUT2D eigenvalue weighted by atomic mass is 32.3. The third-order valence-electron chi connectivity index (χ3n) is 2.85. The summed E-state index contributed by atoms with van der Waals surface area (Å²) in [6.45, 7) is 5.07. The molecule has 0 aromatic carbocycles. The largest absolute Gasteiger partial charge is 0.471 e. The second kappa shape index (κ2) is 4.31. The van der Waals surface area contributed by atoms with E-state index in [1.54, 1.807) is 26.8 Å². The van der Waals surface area contributed by atoms with Crippen LogP contribution in [0.1, 0.15) is 26.5 Å². The van der Waals surface area contributed by atoms with E-state index < -0.39 is 15.7 Å². The van der Waals surface area contributed by atoms with Crippen LogP contribution in [0.15, 0.2) is 17.2 Å². The average Bonchev–Trinajstić information content (AvgIpc) is 2.62. The molecule has 1 aromatic rings. The van der Waals surface area contributed by atoms with E-state index in [0.29, 0.717) is 22.1 Å². The topological polar surface area (TPSA) is 98.9 Å². The number of fused-ring (bicyclic) bond motifs is 1. The second-order valence-electron chi connectivity index (χ2n) is 4.81. The summed E-state index contributed by atoms with van der Waals surface area (Å²) in [6.07, 6.45) is 1.44. The van der Waals surface area contributed by atoms with Crippen molar-refractivity contribution in [2.24, 2.45) is 0 Å². The molecule has 0 spiro atoms. The highest BCUT2D eigenvalue weighted by Gasteiger charge is 2.32.